The lowest BCUT2D eigenvalue weighted by molar-refractivity contribution is -0.0359. The van der Waals surface area contributed by atoms with Crippen molar-refractivity contribution in [3.05, 3.63) is 114 Å². The van der Waals surface area contributed by atoms with Gasteiger partial charge in [-0.1, -0.05) is 66.7 Å². The third kappa shape index (κ3) is 8.85. The van der Waals surface area contributed by atoms with Crippen LogP contribution in [0.4, 0.5) is 4.79 Å². The Hall–Kier alpha value is -4.36. The van der Waals surface area contributed by atoms with Gasteiger partial charge in [-0.15, -0.1) is 0 Å². The molecule has 1 heterocycles. The highest BCUT2D eigenvalue weighted by Crippen LogP contribution is 2.33. The van der Waals surface area contributed by atoms with E-state index in [2.05, 4.69) is 42.5 Å². The number of rotatable bonds is 10. The van der Waals surface area contributed by atoms with Crippen molar-refractivity contribution in [1.82, 2.24) is 9.80 Å². The molecule has 0 radical (unpaired) electrons. The molecule has 4 aromatic rings. The second-order valence-electron chi connectivity index (χ2n) is 12.7. The number of ether oxygens (including phenoxy) is 3. The van der Waals surface area contributed by atoms with Gasteiger partial charge in [0, 0.05) is 31.6 Å². The van der Waals surface area contributed by atoms with E-state index in [9.17, 15) is 9.59 Å². The SMILES string of the molecule is CN(CCCOc1ccc(C2CCN(C(=O)OC(C)(C)C)CC2OCc2ccc3ccccc3c2)cc1)C(=O)c1ccccc1. The molecule has 45 heavy (non-hydrogen) atoms. The summed E-state index contributed by atoms with van der Waals surface area (Å²) in [6.45, 7) is 8.29. The molecule has 0 N–H and O–H groups in total. The van der Waals surface area contributed by atoms with Crippen LogP contribution in [0.25, 0.3) is 10.8 Å². The molecule has 0 bridgehead atoms. The zero-order chi connectivity index (χ0) is 31.8. The largest absolute Gasteiger partial charge is 0.494 e. The molecule has 4 aromatic carbocycles. The number of nitrogens with zero attached hydrogens (tertiary/aromatic N) is 2. The van der Waals surface area contributed by atoms with E-state index in [-0.39, 0.29) is 24.0 Å². The smallest absolute Gasteiger partial charge is 0.410 e. The first-order chi connectivity index (χ1) is 21.7. The zero-order valence-electron chi connectivity index (χ0n) is 26.8. The number of carbonyl (C=O) groups excluding carboxylic acids is 2. The Morgan fingerprint density at radius 2 is 1.60 bits per heavy atom. The zero-order valence-corrected chi connectivity index (χ0v) is 26.8. The molecule has 7 nitrogen and oxygen atoms in total. The van der Waals surface area contributed by atoms with Crippen LogP contribution in [0.5, 0.6) is 5.75 Å². The minimum absolute atomic E-state index is 0.00931. The van der Waals surface area contributed by atoms with Gasteiger partial charge in [0.2, 0.25) is 0 Å². The van der Waals surface area contributed by atoms with Crippen molar-refractivity contribution in [1.29, 1.82) is 0 Å². The summed E-state index contributed by atoms with van der Waals surface area (Å²) < 4.78 is 18.3. The molecule has 5 rings (SSSR count). The molecule has 1 saturated heterocycles. The number of fused-ring (bicyclic) bond motifs is 1. The fourth-order valence-electron chi connectivity index (χ4n) is 5.70. The van der Waals surface area contributed by atoms with Gasteiger partial charge in [-0.2, -0.15) is 0 Å². The summed E-state index contributed by atoms with van der Waals surface area (Å²) in [4.78, 5) is 29.0. The van der Waals surface area contributed by atoms with Crippen LogP contribution in [-0.4, -0.2) is 66.8 Å². The van der Waals surface area contributed by atoms with Gasteiger partial charge in [-0.3, -0.25) is 4.79 Å². The number of benzene rings is 4. The maximum atomic E-state index is 13.0. The van der Waals surface area contributed by atoms with E-state index in [1.54, 1.807) is 9.80 Å². The van der Waals surface area contributed by atoms with Gasteiger partial charge in [0.05, 0.1) is 25.9 Å². The molecule has 2 unspecified atom stereocenters. The fourth-order valence-corrected chi connectivity index (χ4v) is 5.70. The molecule has 2 amide bonds. The molecule has 2 atom stereocenters. The van der Waals surface area contributed by atoms with Crippen molar-refractivity contribution in [3.63, 3.8) is 0 Å². The van der Waals surface area contributed by atoms with Gasteiger partial charge in [0.25, 0.3) is 5.91 Å². The highest BCUT2D eigenvalue weighted by Gasteiger charge is 2.35. The van der Waals surface area contributed by atoms with E-state index in [1.807, 2.05) is 82.4 Å². The van der Waals surface area contributed by atoms with E-state index >= 15 is 0 Å². The van der Waals surface area contributed by atoms with E-state index in [4.69, 9.17) is 14.2 Å². The number of amides is 2. The Morgan fingerprint density at radius 1 is 0.889 bits per heavy atom. The molecule has 1 fully saturated rings. The standard InChI is InChI=1S/C38H44N2O5/c1-38(2,3)45-37(42)40-23-21-34(35(26-40)44-27-28-15-16-29-11-8-9-14-32(29)25-28)30-17-19-33(20-18-30)43-24-10-22-39(4)36(41)31-12-6-5-7-13-31/h5-9,11-20,25,34-35H,10,21-24,26-27H2,1-4H3. The number of hydrogen-bond donors (Lipinski definition) is 0. The minimum Gasteiger partial charge on any atom is -0.494 e. The molecule has 1 aliphatic rings. The van der Waals surface area contributed by atoms with Crippen molar-refractivity contribution in [3.8, 4) is 5.75 Å². The second kappa shape index (κ2) is 14.6. The second-order valence-corrected chi connectivity index (χ2v) is 12.7. The average molecular weight is 609 g/mol. The highest BCUT2D eigenvalue weighted by molar-refractivity contribution is 5.94. The quantitative estimate of drug-likeness (QED) is 0.173. The van der Waals surface area contributed by atoms with E-state index < -0.39 is 5.60 Å². The lowest BCUT2D eigenvalue weighted by Crippen LogP contribution is -2.48. The monoisotopic (exact) mass is 608 g/mol. The predicted octanol–water partition coefficient (Wildman–Crippen LogP) is 7.69. The molecule has 0 aromatic heterocycles. The van der Waals surface area contributed by atoms with Gasteiger partial charge in [-0.05, 0) is 85.8 Å². The maximum absolute atomic E-state index is 13.0. The van der Waals surface area contributed by atoms with Gasteiger partial charge >= 0.3 is 6.09 Å². The Balaban J connectivity index is 1.19. The Kier molecular flexibility index (Phi) is 10.4. The van der Waals surface area contributed by atoms with Crippen molar-refractivity contribution in [2.75, 3.05) is 33.3 Å². The van der Waals surface area contributed by atoms with Crippen LogP contribution in [-0.2, 0) is 16.1 Å². The van der Waals surface area contributed by atoms with Gasteiger partial charge in [0.1, 0.15) is 11.4 Å². The van der Waals surface area contributed by atoms with Crippen LogP contribution >= 0.6 is 0 Å². The molecule has 7 heteroatoms. The van der Waals surface area contributed by atoms with Crippen molar-refractivity contribution >= 4 is 22.8 Å². The number of likely N-dealkylation sites (tertiary alicyclic amines) is 1. The first kappa shape index (κ1) is 32.0. The Labute approximate surface area is 266 Å². The Morgan fingerprint density at radius 3 is 2.33 bits per heavy atom. The molecule has 236 valence electrons. The summed E-state index contributed by atoms with van der Waals surface area (Å²) in [5.74, 6) is 0.918. The van der Waals surface area contributed by atoms with Crippen LogP contribution in [0, 0.1) is 0 Å². The van der Waals surface area contributed by atoms with Crippen molar-refractivity contribution in [2.45, 2.75) is 57.8 Å². The lowest BCUT2D eigenvalue weighted by atomic mass is 9.87. The van der Waals surface area contributed by atoms with Crippen molar-refractivity contribution < 1.29 is 23.8 Å². The molecule has 0 spiro atoms. The van der Waals surface area contributed by atoms with Gasteiger partial charge in [0.15, 0.2) is 0 Å². The summed E-state index contributed by atoms with van der Waals surface area (Å²) in [5.41, 5.74) is 2.38. The summed E-state index contributed by atoms with van der Waals surface area (Å²) in [6, 6.07) is 32.2. The third-order valence-electron chi connectivity index (χ3n) is 8.07. The fraction of sp³-hybridized carbons (Fsp3) is 0.368. The van der Waals surface area contributed by atoms with Crippen LogP contribution in [0.2, 0.25) is 0 Å². The first-order valence-electron chi connectivity index (χ1n) is 15.8. The van der Waals surface area contributed by atoms with E-state index in [0.29, 0.717) is 38.4 Å². The average Bonchev–Trinajstić information content (AvgIpc) is 3.05. The molecule has 1 aliphatic heterocycles. The molecular formula is C38H44N2O5. The summed E-state index contributed by atoms with van der Waals surface area (Å²) in [7, 11) is 1.82. The highest BCUT2D eigenvalue weighted by atomic mass is 16.6. The van der Waals surface area contributed by atoms with Crippen LogP contribution < -0.4 is 4.74 Å². The summed E-state index contributed by atoms with van der Waals surface area (Å²) in [6.07, 6.45) is 0.996. The van der Waals surface area contributed by atoms with Gasteiger partial charge < -0.3 is 24.0 Å². The number of piperidine rings is 1. The first-order valence-corrected chi connectivity index (χ1v) is 15.8. The number of hydrogen-bond acceptors (Lipinski definition) is 5. The molecule has 0 saturated carbocycles. The van der Waals surface area contributed by atoms with Crippen LogP contribution in [0.1, 0.15) is 61.0 Å². The van der Waals surface area contributed by atoms with Crippen LogP contribution in [0.15, 0.2) is 97.1 Å². The summed E-state index contributed by atoms with van der Waals surface area (Å²) >= 11 is 0. The van der Waals surface area contributed by atoms with Crippen LogP contribution in [0.3, 0.4) is 0 Å². The Bertz CT molecular complexity index is 1560. The molecule has 0 aliphatic carbocycles. The van der Waals surface area contributed by atoms with E-state index in [0.717, 1.165) is 29.7 Å². The maximum Gasteiger partial charge on any atom is 0.410 e. The summed E-state index contributed by atoms with van der Waals surface area (Å²) in [5, 5.41) is 2.38. The topological polar surface area (TPSA) is 68.3 Å². The number of carbonyl (C=O) groups is 2. The normalized spacial score (nSPS) is 16.8. The minimum atomic E-state index is -0.557. The van der Waals surface area contributed by atoms with Gasteiger partial charge in [-0.25, -0.2) is 4.79 Å². The van der Waals surface area contributed by atoms with E-state index in [1.165, 1.54) is 10.8 Å². The lowest BCUT2D eigenvalue weighted by Gasteiger charge is -2.39. The predicted molar refractivity (Wildman–Crippen MR) is 178 cm³/mol. The van der Waals surface area contributed by atoms with Crippen molar-refractivity contribution in [2.24, 2.45) is 0 Å². The molecular weight excluding hydrogens is 564 g/mol. The third-order valence-corrected chi connectivity index (χ3v) is 8.07.